The van der Waals surface area contributed by atoms with E-state index >= 15 is 0 Å². The van der Waals surface area contributed by atoms with E-state index in [1.165, 1.54) is 11.3 Å². The Bertz CT molecular complexity index is 1060. The molecule has 4 rings (SSSR count). The first-order chi connectivity index (χ1) is 11.0. The van der Waals surface area contributed by atoms with Crippen molar-refractivity contribution in [2.75, 3.05) is 0 Å². The summed E-state index contributed by atoms with van der Waals surface area (Å²) in [5.74, 6) is 0.238. The lowest BCUT2D eigenvalue weighted by atomic mass is 9.96. The fourth-order valence-corrected chi connectivity index (χ4v) is 4.67. The van der Waals surface area contributed by atoms with Gasteiger partial charge in [-0.1, -0.05) is 17.7 Å². The van der Waals surface area contributed by atoms with E-state index in [2.05, 4.69) is 4.98 Å². The monoisotopic (exact) mass is 342 g/mol. The number of nitrogens with zero attached hydrogens (tertiary/aromatic N) is 1. The zero-order valence-electron chi connectivity index (χ0n) is 12.5. The number of thiophene rings is 1. The second kappa shape index (κ2) is 5.25. The standard InChI is InChI=1S/C17H14N2O2S2/c1-9-2-4-10(5-3-9)19-16(21)14-12-7-6-11(20)8-13(12)23-15(14)18-17(19)22/h2-5H,6-8H2,1H3,(H,18,22). The summed E-state index contributed by atoms with van der Waals surface area (Å²) in [7, 11) is 0. The molecular weight excluding hydrogens is 328 g/mol. The van der Waals surface area contributed by atoms with Crippen LogP contribution in [-0.2, 0) is 17.6 Å². The summed E-state index contributed by atoms with van der Waals surface area (Å²) in [4.78, 5) is 29.7. The van der Waals surface area contributed by atoms with E-state index in [-0.39, 0.29) is 11.3 Å². The third kappa shape index (κ3) is 2.29. The number of fused-ring (bicyclic) bond motifs is 3. The number of ketones is 1. The molecule has 0 atom stereocenters. The first kappa shape index (κ1) is 14.5. The number of Topliss-reactive ketones (excluding diaryl/α,β-unsaturated/α-hetero) is 1. The number of hydrogen-bond acceptors (Lipinski definition) is 4. The van der Waals surface area contributed by atoms with Crippen LogP contribution in [0.1, 0.15) is 22.4 Å². The molecule has 4 nitrogen and oxygen atoms in total. The highest BCUT2D eigenvalue weighted by molar-refractivity contribution is 7.71. The zero-order chi connectivity index (χ0) is 16.1. The van der Waals surface area contributed by atoms with Crippen LogP contribution < -0.4 is 5.56 Å². The summed E-state index contributed by atoms with van der Waals surface area (Å²) in [6.45, 7) is 2.00. The summed E-state index contributed by atoms with van der Waals surface area (Å²) in [6.07, 6.45) is 1.58. The topological polar surface area (TPSA) is 54.9 Å². The highest BCUT2D eigenvalue weighted by atomic mass is 32.1. The molecule has 0 fully saturated rings. The molecule has 2 aromatic heterocycles. The molecule has 23 heavy (non-hydrogen) atoms. The van der Waals surface area contributed by atoms with Gasteiger partial charge in [-0.3, -0.25) is 14.2 Å². The van der Waals surface area contributed by atoms with Crippen LogP contribution in [0.5, 0.6) is 0 Å². The molecule has 1 aliphatic carbocycles. The lowest BCUT2D eigenvalue weighted by molar-refractivity contribution is -0.118. The van der Waals surface area contributed by atoms with Crippen LogP contribution in [0.3, 0.4) is 0 Å². The average Bonchev–Trinajstić information content (AvgIpc) is 2.86. The molecule has 0 aliphatic heterocycles. The van der Waals surface area contributed by atoms with Crippen molar-refractivity contribution in [3.63, 3.8) is 0 Å². The smallest absolute Gasteiger partial charge is 0.267 e. The normalized spacial score (nSPS) is 14.2. The van der Waals surface area contributed by atoms with Crippen LogP contribution >= 0.6 is 23.6 Å². The number of carbonyl (C=O) groups is 1. The number of aromatic amines is 1. The van der Waals surface area contributed by atoms with Gasteiger partial charge >= 0.3 is 0 Å². The highest BCUT2D eigenvalue weighted by Crippen LogP contribution is 2.32. The van der Waals surface area contributed by atoms with Gasteiger partial charge in [0.2, 0.25) is 0 Å². The Morgan fingerprint density at radius 2 is 1.91 bits per heavy atom. The van der Waals surface area contributed by atoms with Crippen molar-refractivity contribution < 1.29 is 4.79 Å². The van der Waals surface area contributed by atoms with Gasteiger partial charge in [0.15, 0.2) is 4.77 Å². The van der Waals surface area contributed by atoms with Gasteiger partial charge in [-0.15, -0.1) is 11.3 Å². The predicted octanol–water partition coefficient (Wildman–Crippen LogP) is 3.48. The van der Waals surface area contributed by atoms with Crippen molar-refractivity contribution in [3.8, 4) is 5.69 Å². The van der Waals surface area contributed by atoms with E-state index in [0.717, 1.165) is 26.5 Å². The van der Waals surface area contributed by atoms with Crippen LogP contribution in [-0.4, -0.2) is 15.3 Å². The largest absolute Gasteiger partial charge is 0.323 e. The van der Waals surface area contributed by atoms with Crippen LogP contribution in [0, 0.1) is 11.7 Å². The van der Waals surface area contributed by atoms with Gasteiger partial charge in [0, 0.05) is 17.7 Å². The molecular formula is C17H14N2O2S2. The molecule has 3 aromatic rings. The van der Waals surface area contributed by atoms with Crippen molar-refractivity contribution in [2.24, 2.45) is 0 Å². The maximum atomic E-state index is 13.0. The minimum absolute atomic E-state index is 0.0977. The van der Waals surface area contributed by atoms with Gasteiger partial charge in [0.05, 0.1) is 11.1 Å². The van der Waals surface area contributed by atoms with Crippen LogP contribution in [0.15, 0.2) is 29.1 Å². The fraction of sp³-hybridized carbons (Fsp3) is 0.235. The van der Waals surface area contributed by atoms with Gasteiger partial charge < -0.3 is 4.98 Å². The van der Waals surface area contributed by atoms with Crippen LogP contribution in [0.4, 0.5) is 0 Å². The third-order valence-electron chi connectivity index (χ3n) is 4.23. The third-order valence-corrected chi connectivity index (χ3v) is 5.67. The molecule has 0 amide bonds. The highest BCUT2D eigenvalue weighted by Gasteiger charge is 2.23. The number of hydrogen-bond donors (Lipinski definition) is 1. The molecule has 6 heteroatoms. The van der Waals surface area contributed by atoms with Crippen molar-refractivity contribution in [1.82, 2.24) is 9.55 Å². The Morgan fingerprint density at radius 1 is 1.17 bits per heavy atom. The summed E-state index contributed by atoms with van der Waals surface area (Å²) in [5.41, 5.74) is 2.81. The second-order valence-electron chi connectivity index (χ2n) is 5.83. The van der Waals surface area contributed by atoms with E-state index in [1.807, 2.05) is 31.2 Å². The van der Waals surface area contributed by atoms with E-state index in [0.29, 0.717) is 29.4 Å². The first-order valence-corrected chi connectivity index (χ1v) is 8.65. The molecule has 0 saturated heterocycles. The molecule has 0 unspecified atom stereocenters. The van der Waals surface area contributed by atoms with Gasteiger partial charge in [0.25, 0.3) is 5.56 Å². The molecule has 0 radical (unpaired) electrons. The SMILES string of the molecule is Cc1ccc(-n2c(=S)[nH]c3sc4c(c3c2=O)CCC(=O)C4)cc1. The number of nitrogens with one attached hydrogen (secondary N) is 1. The Labute approximate surface area is 141 Å². The Kier molecular flexibility index (Phi) is 3.32. The van der Waals surface area contributed by atoms with E-state index in [1.54, 1.807) is 4.57 Å². The van der Waals surface area contributed by atoms with Crippen molar-refractivity contribution in [1.29, 1.82) is 0 Å². The predicted molar refractivity (Wildman–Crippen MR) is 94.4 cm³/mol. The van der Waals surface area contributed by atoms with E-state index in [4.69, 9.17) is 12.2 Å². The van der Waals surface area contributed by atoms with E-state index < -0.39 is 0 Å². The molecule has 0 spiro atoms. The molecule has 1 aromatic carbocycles. The van der Waals surface area contributed by atoms with Crippen molar-refractivity contribution >= 4 is 39.6 Å². The Balaban J connectivity index is 2.04. The quantitative estimate of drug-likeness (QED) is 0.689. The molecule has 0 saturated carbocycles. The minimum atomic E-state index is -0.0977. The fourth-order valence-electron chi connectivity index (χ4n) is 3.05. The number of rotatable bonds is 1. The van der Waals surface area contributed by atoms with Crippen molar-refractivity contribution in [3.05, 3.63) is 55.4 Å². The minimum Gasteiger partial charge on any atom is -0.323 e. The molecule has 1 N–H and O–H groups in total. The number of aryl methyl sites for hydroxylation is 2. The number of aromatic nitrogens is 2. The molecule has 1 aliphatic rings. The maximum absolute atomic E-state index is 13.0. The first-order valence-electron chi connectivity index (χ1n) is 7.43. The van der Waals surface area contributed by atoms with Crippen molar-refractivity contribution in [2.45, 2.75) is 26.2 Å². The number of carbonyl (C=O) groups excluding carboxylic acids is 1. The number of benzene rings is 1. The summed E-state index contributed by atoms with van der Waals surface area (Å²) < 4.78 is 1.93. The Morgan fingerprint density at radius 3 is 2.65 bits per heavy atom. The Hall–Kier alpha value is -2.05. The zero-order valence-corrected chi connectivity index (χ0v) is 14.1. The van der Waals surface area contributed by atoms with Gasteiger partial charge in [-0.05, 0) is 43.3 Å². The van der Waals surface area contributed by atoms with Crippen LogP contribution in [0.2, 0.25) is 0 Å². The summed E-state index contributed by atoms with van der Waals surface area (Å²) in [5, 5.41) is 0.687. The number of H-pyrrole nitrogens is 1. The summed E-state index contributed by atoms with van der Waals surface area (Å²) >= 11 is 6.87. The maximum Gasteiger partial charge on any atom is 0.267 e. The lowest BCUT2D eigenvalue weighted by Crippen LogP contribution is -2.21. The molecule has 0 bridgehead atoms. The summed E-state index contributed by atoms with van der Waals surface area (Å²) in [6, 6.07) is 7.72. The second-order valence-corrected chi connectivity index (χ2v) is 7.32. The molecule has 2 heterocycles. The van der Waals surface area contributed by atoms with Gasteiger partial charge in [-0.25, -0.2) is 0 Å². The lowest BCUT2D eigenvalue weighted by Gasteiger charge is -2.10. The molecule has 116 valence electrons. The van der Waals surface area contributed by atoms with Crippen LogP contribution in [0.25, 0.3) is 15.9 Å². The average molecular weight is 342 g/mol. The van der Waals surface area contributed by atoms with E-state index in [9.17, 15) is 9.59 Å². The van der Waals surface area contributed by atoms with Gasteiger partial charge in [0.1, 0.15) is 10.6 Å². The van der Waals surface area contributed by atoms with Gasteiger partial charge in [-0.2, -0.15) is 0 Å².